The van der Waals surface area contributed by atoms with E-state index in [0.717, 1.165) is 28.1 Å². The maximum atomic E-state index is 12.9. The number of benzene rings is 2. The molecule has 2 heterocycles. The number of likely N-dealkylation sites (N-methyl/N-ethyl adjacent to an activating group) is 2. The lowest BCUT2D eigenvalue weighted by atomic mass is 10.2. The van der Waals surface area contributed by atoms with Crippen molar-refractivity contribution < 1.29 is 9.53 Å². The molecule has 1 aliphatic heterocycles. The predicted molar refractivity (Wildman–Crippen MR) is 127 cm³/mol. The van der Waals surface area contributed by atoms with Crippen LogP contribution < -0.4 is 20.9 Å². The van der Waals surface area contributed by atoms with Gasteiger partial charge in [-0.05, 0) is 24.6 Å². The van der Waals surface area contributed by atoms with Crippen molar-refractivity contribution in [3.05, 3.63) is 93.3 Å². The van der Waals surface area contributed by atoms with Gasteiger partial charge in [0.15, 0.2) is 0 Å². The predicted octanol–water partition coefficient (Wildman–Crippen LogP) is 1.80. The molecular formula is C25H28N4O4. The summed E-state index contributed by atoms with van der Waals surface area (Å²) in [4.78, 5) is 41.9. The van der Waals surface area contributed by atoms with E-state index < -0.39 is 11.2 Å². The second kappa shape index (κ2) is 9.77. The van der Waals surface area contributed by atoms with Crippen LogP contribution in [0.4, 0.5) is 5.69 Å². The van der Waals surface area contributed by atoms with E-state index >= 15 is 0 Å². The second-order valence-electron chi connectivity index (χ2n) is 8.16. The van der Waals surface area contributed by atoms with Gasteiger partial charge < -0.3 is 14.5 Å². The third-order valence-corrected chi connectivity index (χ3v) is 5.84. The van der Waals surface area contributed by atoms with Crippen LogP contribution in [0.15, 0.2) is 76.4 Å². The summed E-state index contributed by atoms with van der Waals surface area (Å²) < 4.78 is 8.52. The molecule has 0 N–H and O–H groups in total. The van der Waals surface area contributed by atoms with Gasteiger partial charge in [0.25, 0.3) is 5.56 Å². The van der Waals surface area contributed by atoms with Gasteiger partial charge in [0.05, 0.1) is 25.3 Å². The number of carbonyl (C=O) groups excluding carboxylic acids is 1. The Morgan fingerprint density at radius 1 is 1.06 bits per heavy atom. The molecule has 1 aromatic heterocycles. The van der Waals surface area contributed by atoms with Gasteiger partial charge in [0.1, 0.15) is 18.4 Å². The molecule has 172 valence electrons. The Morgan fingerprint density at radius 3 is 2.55 bits per heavy atom. The molecule has 4 rings (SSSR count). The van der Waals surface area contributed by atoms with Crippen LogP contribution in [0.1, 0.15) is 12.5 Å². The molecular weight excluding hydrogens is 420 g/mol. The third kappa shape index (κ3) is 5.00. The fourth-order valence-electron chi connectivity index (χ4n) is 4.04. The largest absolute Gasteiger partial charge is 0.485 e. The van der Waals surface area contributed by atoms with E-state index in [1.807, 2.05) is 54.6 Å². The number of hydrogen-bond acceptors (Lipinski definition) is 5. The summed E-state index contributed by atoms with van der Waals surface area (Å²) >= 11 is 0. The van der Waals surface area contributed by atoms with Crippen molar-refractivity contribution in [1.29, 1.82) is 0 Å². The van der Waals surface area contributed by atoms with Crippen LogP contribution in [-0.2, 0) is 17.9 Å². The van der Waals surface area contributed by atoms with Gasteiger partial charge in [-0.25, -0.2) is 4.79 Å². The van der Waals surface area contributed by atoms with Gasteiger partial charge in [0.2, 0.25) is 5.91 Å². The van der Waals surface area contributed by atoms with Crippen molar-refractivity contribution in [2.24, 2.45) is 0 Å². The maximum Gasteiger partial charge on any atom is 0.331 e. The lowest BCUT2D eigenvalue weighted by Crippen LogP contribution is -2.49. The highest BCUT2D eigenvalue weighted by molar-refractivity contribution is 5.75. The van der Waals surface area contributed by atoms with Crippen molar-refractivity contribution in [2.75, 3.05) is 31.6 Å². The number of amides is 1. The maximum absolute atomic E-state index is 12.9. The number of aromatic nitrogens is 2. The van der Waals surface area contributed by atoms with Crippen LogP contribution in [0.5, 0.6) is 5.75 Å². The fraction of sp³-hybridized carbons (Fsp3) is 0.320. The van der Waals surface area contributed by atoms with Gasteiger partial charge in [-0.1, -0.05) is 42.5 Å². The number of rotatable bonds is 7. The topological polar surface area (TPSA) is 76.8 Å². The molecule has 0 spiro atoms. The van der Waals surface area contributed by atoms with Gasteiger partial charge in [-0.3, -0.25) is 18.7 Å². The van der Waals surface area contributed by atoms with Crippen molar-refractivity contribution in [2.45, 2.75) is 26.1 Å². The van der Waals surface area contributed by atoms with Gasteiger partial charge >= 0.3 is 5.69 Å². The van der Waals surface area contributed by atoms with Crippen molar-refractivity contribution in [3.63, 3.8) is 0 Å². The molecule has 2 aromatic carbocycles. The zero-order chi connectivity index (χ0) is 23.4. The number of para-hydroxylation sites is 2. The molecule has 1 unspecified atom stereocenters. The van der Waals surface area contributed by atoms with E-state index in [-0.39, 0.29) is 18.6 Å². The zero-order valence-electron chi connectivity index (χ0n) is 18.9. The van der Waals surface area contributed by atoms with Crippen molar-refractivity contribution in [3.8, 4) is 5.75 Å². The SMILES string of the molecule is CCN1CC(CN(C)C(=O)Cn2c(=O)ccn(Cc3ccccc3)c2=O)Oc2ccccc21. The number of nitrogens with zero attached hydrogens (tertiary/aromatic N) is 4. The standard InChI is InChI=1S/C25H28N4O4/c1-3-27-17-20(33-22-12-8-7-11-21(22)27)16-26(2)24(31)18-29-23(30)13-14-28(25(29)32)15-19-9-5-4-6-10-19/h4-14,20H,3,15-18H2,1-2H3. The monoisotopic (exact) mass is 448 g/mol. The van der Waals surface area contributed by atoms with Gasteiger partial charge in [-0.2, -0.15) is 0 Å². The Labute approximate surface area is 192 Å². The van der Waals surface area contributed by atoms with Gasteiger partial charge in [0, 0.05) is 25.9 Å². The highest BCUT2D eigenvalue weighted by Gasteiger charge is 2.27. The molecule has 0 bridgehead atoms. The Bertz CT molecular complexity index is 1230. The second-order valence-corrected chi connectivity index (χ2v) is 8.16. The Kier molecular flexibility index (Phi) is 6.63. The number of fused-ring (bicyclic) bond motifs is 1. The quantitative estimate of drug-likeness (QED) is 0.551. The lowest BCUT2D eigenvalue weighted by molar-refractivity contribution is -0.131. The van der Waals surface area contributed by atoms with Crippen LogP contribution in [0, 0.1) is 0 Å². The molecule has 0 aliphatic carbocycles. The first-order valence-electron chi connectivity index (χ1n) is 11.0. The first-order valence-corrected chi connectivity index (χ1v) is 11.0. The third-order valence-electron chi connectivity index (χ3n) is 5.84. The molecule has 1 aliphatic rings. The molecule has 0 saturated carbocycles. The molecule has 3 aromatic rings. The minimum Gasteiger partial charge on any atom is -0.485 e. The zero-order valence-corrected chi connectivity index (χ0v) is 18.9. The van der Waals surface area contributed by atoms with Crippen molar-refractivity contribution >= 4 is 11.6 Å². The molecule has 1 atom stereocenters. The van der Waals surface area contributed by atoms with Crippen molar-refractivity contribution in [1.82, 2.24) is 14.0 Å². The summed E-state index contributed by atoms with van der Waals surface area (Å²) in [5, 5.41) is 0. The van der Waals surface area contributed by atoms with E-state index in [0.29, 0.717) is 19.6 Å². The Morgan fingerprint density at radius 2 is 1.79 bits per heavy atom. The molecule has 0 fully saturated rings. The summed E-state index contributed by atoms with van der Waals surface area (Å²) in [6.45, 7) is 3.92. The highest BCUT2D eigenvalue weighted by Crippen LogP contribution is 2.32. The van der Waals surface area contributed by atoms with Gasteiger partial charge in [-0.15, -0.1) is 0 Å². The van der Waals surface area contributed by atoms with E-state index in [1.54, 1.807) is 7.05 Å². The smallest absolute Gasteiger partial charge is 0.331 e. The normalized spacial score (nSPS) is 15.0. The molecule has 1 amide bonds. The molecule has 8 heteroatoms. The highest BCUT2D eigenvalue weighted by atomic mass is 16.5. The number of hydrogen-bond donors (Lipinski definition) is 0. The first-order chi connectivity index (χ1) is 16.0. The lowest BCUT2D eigenvalue weighted by Gasteiger charge is -2.37. The van der Waals surface area contributed by atoms with Crippen LogP contribution in [0.2, 0.25) is 0 Å². The summed E-state index contributed by atoms with van der Waals surface area (Å²) in [7, 11) is 1.67. The van der Waals surface area contributed by atoms with Crippen LogP contribution >= 0.6 is 0 Å². The summed E-state index contributed by atoms with van der Waals surface area (Å²) in [6.07, 6.45) is 1.26. The number of anilines is 1. The number of carbonyl (C=O) groups is 1. The van der Waals surface area contributed by atoms with Crippen LogP contribution in [0.25, 0.3) is 0 Å². The van der Waals surface area contributed by atoms with Crippen LogP contribution in [0.3, 0.4) is 0 Å². The van der Waals surface area contributed by atoms with E-state index in [9.17, 15) is 14.4 Å². The Balaban J connectivity index is 1.45. The first kappa shape index (κ1) is 22.4. The Hall–Kier alpha value is -3.81. The molecule has 0 saturated heterocycles. The summed E-state index contributed by atoms with van der Waals surface area (Å²) in [5.41, 5.74) is 0.975. The van der Waals surface area contributed by atoms with E-state index in [2.05, 4.69) is 11.8 Å². The average molecular weight is 449 g/mol. The summed E-state index contributed by atoms with van der Waals surface area (Å²) in [6, 6.07) is 18.6. The molecule has 33 heavy (non-hydrogen) atoms. The number of ether oxygens (including phenoxy) is 1. The molecule has 0 radical (unpaired) electrons. The minimum absolute atomic E-state index is 0.212. The molecule has 8 nitrogen and oxygen atoms in total. The van der Waals surface area contributed by atoms with E-state index in [1.165, 1.54) is 21.7 Å². The van der Waals surface area contributed by atoms with E-state index in [4.69, 9.17) is 4.74 Å². The van der Waals surface area contributed by atoms with Crippen LogP contribution in [-0.4, -0.2) is 52.7 Å². The average Bonchev–Trinajstić information content (AvgIpc) is 2.83. The fourth-order valence-corrected chi connectivity index (χ4v) is 4.04. The summed E-state index contributed by atoms with van der Waals surface area (Å²) in [5.74, 6) is 0.469. The minimum atomic E-state index is -0.506.